The van der Waals surface area contributed by atoms with Crippen LogP contribution in [0.3, 0.4) is 0 Å². The summed E-state index contributed by atoms with van der Waals surface area (Å²) in [5, 5.41) is 4.18. The first-order chi connectivity index (χ1) is 11.6. The molecule has 2 atom stereocenters. The molecule has 136 valence electrons. The number of carbonyl (C=O) groups is 1. The van der Waals surface area contributed by atoms with Crippen molar-refractivity contribution in [3.05, 3.63) is 42.5 Å². The molecule has 0 aliphatic rings. The monoisotopic (exact) mass is 365 g/mol. The Morgan fingerprint density at radius 2 is 1.84 bits per heavy atom. The molecule has 2 rings (SSSR count). The topological polar surface area (TPSA) is 84.9 Å². The number of hydrogen-bond donors (Lipinski definition) is 2. The Morgan fingerprint density at radius 1 is 1.20 bits per heavy atom. The van der Waals surface area contributed by atoms with Crippen LogP contribution in [0.25, 0.3) is 10.8 Å². The van der Waals surface area contributed by atoms with Crippen molar-refractivity contribution in [3.8, 4) is 5.75 Å². The van der Waals surface area contributed by atoms with E-state index in [2.05, 4.69) is 5.09 Å². The minimum absolute atomic E-state index is 0.181. The lowest BCUT2D eigenvalue weighted by molar-refractivity contribution is -0.148. The largest absolute Gasteiger partial charge is 0.464 e. The summed E-state index contributed by atoms with van der Waals surface area (Å²) in [6.45, 7) is 7.46. The SMILES string of the molecule is CC(NP(=O)(O)Oc1ccc2ccccc2c1)C(=O)OCC(C)(C)C. The Balaban J connectivity index is 2.00. The van der Waals surface area contributed by atoms with E-state index < -0.39 is 19.8 Å². The van der Waals surface area contributed by atoms with Crippen molar-refractivity contribution in [3.63, 3.8) is 0 Å². The molecule has 0 fully saturated rings. The van der Waals surface area contributed by atoms with E-state index in [4.69, 9.17) is 9.26 Å². The Kier molecular flexibility index (Phi) is 5.88. The summed E-state index contributed by atoms with van der Waals surface area (Å²) < 4.78 is 22.6. The quantitative estimate of drug-likeness (QED) is 0.597. The van der Waals surface area contributed by atoms with Gasteiger partial charge in [-0.1, -0.05) is 51.1 Å². The molecule has 0 radical (unpaired) electrons. The third-order valence-corrected chi connectivity index (χ3v) is 4.48. The number of carbonyl (C=O) groups excluding carboxylic acids is 1. The maximum absolute atomic E-state index is 12.2. The molecule has 2 N–H and O–H groups in total. The van der Waals surface area contributed by atoms with E-state index in [9.17, 15) is 14.3 Å². The zero-order valence-electron chi connectivity index (χ0n) is 14.9. The molecule has 2 aromatic rings. The van der Waals surface area contributed by atoms with Gasteiger partial charge in [0.2, 0.25) is 0 Å². The van der Waals surface area contributed by atoms with Crippen molar-refractivity contribution < 1.29 is 23.5 Å². The molecule has 2 unspecified atom stereocenters. The smallest absolute Gasteiger partial charge is 0.456 e. The maximum atomic E-state index is 12.2. The van der Waals surface area contributed by atoms with Crippen molar-refractivity contribution in [2.45, 2.75) is 33.7 Å². The zero-order valence-corrected chi connectivity index (χ0v) is 15.7. The van der Waals surface area contributed by atoms with Gasteiger partial charge in [-0.25, -0.2) is 4.57 Å². The van der Waals surface area contributed by atoms with E-state index >= 15 is 0 Å². The Hall–Kier alpha value is -1.88. The van der Waals surface area contributed by atoms with Crippen molar-refractivity contribution in [1.82, 2.24) is 5.09 Å². The van der Waals surface area contributed by atoms with Gasteiger partial charge in [0.05, 0.1) is 6.61 Å². The fourth-order valence-corrected chi connectivity index (χ4v) is 3.15. The van der Waals surface area contributed by atoms with E-state index in [0.29, 0.717) is 0 Å². The van der Waals surface area contributed by atoms with E-state index in [1.165, 1.54) is 6.92 Å². The molecule has 2 aromatic carbocycles. The van der Waals surface area contributed by atoms with Crippen LogP contribution in [-0.4, -0.2) is 23.5 Å². The third-order valence-electron chi connectivity index (χ3n) is 3.31. The molecular weight excluding hydrogens is 341 g/mol. The summed E-state index contributed by atoms with van der Waals surface area (Å²) in [5.74, 6) is -0.362. The van der Waals surface area contributed by atoms with Crippen LogP contribution >= 0.6 is 7.75 Å². The first kappa shape index (κ1) is 19.4. The van der Waals surface area contributed by atoms with E-state index in [0.717, 1.165) is 10.8 Å². The molecule has 0 aliphatic carbocycles. The summed E-state index contributed by atoms with van der Waals surface area (Å²) >= 11 is 0. The summed E-state index contributed by atoms with van der Waals surface area (Å²) in [7, 11) is -4.22. The molecule has 0 bridgehead atoms. The highest BCUT2D eigenvalue weighted by Crippen LogP contribution is 2.39. The first-order valence-corrected chi connectivity index (χ1v) is 9.59. The zero-order chi connectivity index (χ0) is 18.7. The lowest BCUT2D eigenvalue weighted by Crippen LogP contribution is -2.35. The molecule has 0 saturated carbocycles. The van der Waals surface area contributed by atoms with Gasteiger partial charge in [0, 0.05) is 0 Å². The number of nitrogens with one attached hydrogen (secondary N) is 1. The number of esters is 1. The van der Waals surface area contributed by atoms with Crippen LogP contribution < -0.4 is 9.61 Å². The number of hydrogen-bond acceptors (Lipinski definition) is 4. The van der Waals surface area contributed by atoms with Gasteiger partial charge < -0.3 is 14.2 Å². The lowest BCUT2D eigenvalue weighted by atomic mass is 9.99. The molecule has 0 aliphatic heterocycles. The van der Waals surface area contributed by atoms with E-state index in [1.807, 2.05) is 45.0 Å². The molecule has 0 saturated heterocycles. The van der Waals surface area contributed by atoms with Crippen molar-refractivity contribution in [2.24, 2.45) is 5.41 Å². The highest BCUT2D eigenvalue weighted by atomic mass is 31.2. The lowest BCUT2D eigenvalue weighted by Gasteiger charge is -2.21. The maximum Gasteiger partial charge on any atom is 0.456 e. The summed E-state index contributed by atoms with van der Waals surface area (Å²) in [6.07, 6.45) is 0. The van der Waals surface area contributed by atoms with Gasteiger partial charge in [-0.15, -0.1) is 0 Å². The molecule has 25 heavy (non-hydrogen) atoms. The van der Waals surface area contributed by atoms with Crippen LogP contribution in [0.2, 0.25) is 0 Å². The molecule has 0 amide bonds. The highest BCUT2D eigenvalue weighted by molar-refractivity contribution is 7.51. The fraction of sp³-hybridized carbons (Fsp3) is 0.389. The second-order valence-corrected chi connectivity index (χ2v) is 8.62. The minimum atomic E-state index is -4.22. The van der Waals surface area contributed by atoms with Crippen LogP contribution in [-0.2, 0) is 14.1 Å². The van der Waals surface area contributed by atoms with Gasteiger partial charge in [-0.3, -0.25) is 4.79 Å². The Morgan fingerprint density at radius 3 is 2.48 bits per heavy atom. The van der Waals surface area contributed by atoms with Gasteiger partial charge >= 0.3 is 13.7 Å². The number of fused-ring (bicyclic) bond motifs is 1. The van der Waals surface area contributed by atoms with Crippen molar-refractivity contribution in [1.29, 1.82) is 0 Å². The highest BCUT2D eigenvalue weighted by Gasteiger charge is 2.29. The number of benzene rings is 2. The van der Waals surface area contributed by atoms with Crippen LogP contribution in [0, 0.1) is 5.41 Å². The predicted molar refractivity (Wildman–Crippen MR) is 97.4 cm³/mol. The molecule has 0 spiro atoms. The fourth-order valence-electron chi connectivity index (χ4n) is 2.10. The van der Waals surface area contributed by atoms with Gasteiger partial charge in [0.25, 0.3) is 0 Å². The Labute approximate surface area is 147 Å². The molecule has 6 nitrogen and oxygen atoms in total. The van der Waals surface area contributed by atoms with Crippen LogP contribution in [0.1, 0.15) is 27.7 Å². The molecular formula is C18H24NO5P. The minimum Gasteiger partial charge on any atom is -0.464 e. The molecule has 0 aromatic heterocycles. The van der Waals surface area contributed by atoms with E-state index in [1.54, 1.807) is 18.2 Å². The predicted octanol–water partition coefficient (Wildman–Crippen LogP) is 3.89. The second-order valence-electron chi connectivity index (χ2n) is 7.14. The average molecular weight is 365 g/mol. The van der Waals surface area contributed by atoms with E-state index in [-0.39, 0.29) is 17.8 Å². The van der Waals surface area contributed by atoms with Crippen LogP contribution in [0.5, 0.6) is 5.75 Å². The summed E-state index contributed by atoms with van der Waals surface area (Å²) in [4.78, 5) is 21.9. The second kappa shape index (κ2) is 7.56. The van der Waals surface area contributed by atoms with Gasteiger partial charge in [0.15, 0.2) is 0 Å². The summed E-state index contributed by atoms with van der Waals surface area (Å²) in [5.41, 5.74) is -0.181. The van der Waals surface area contributed by atoms with Gasteiger partial charge in [-0.05, 0) is 35.2 Å². The normalized spacial score (nSPS) is 15.4. The number of rotatable bonds is 6. The number of ether oxygens (including phenoxy) is 1. The third kappa shape index (κ3) is 6.16. The Bertz CT molecular complexity index is 799. The summed E-state index contributed by atoms with van der Waals surface area (Å²) in [6, 6.07) is 11.7. The van der Waals surface area contributed by atoms with Crippen molar-refractivity contribution in [2.75, 3.05) is 6.61 Å². The molecule has 7 heteroatoms. The van der Waals surface area contributed by atoms with Crippen molar-refractivity contribution >= 4 is 24.5 Å². The van der Waals surface area contributed by atoms with Gasteiger partial charge in [-0.2, -0.15) is 5.09 Å². The van der Waals surface area contributed by atoms with Crippen LogP contribution in [0.15, 0.2) is 42.5 Å². The standard InChI is InChI=1S/C18H24NO5P/c1-13(17(20)23-12-18(2,3)4)19-25(21,22)24-16-10-9-14-7-5-6-8-15(14)11-16/h5-11,13H,12H2,1-4H3,(H2,19,21,22). The first-order valence-electron chi connectivity index (χ1n) is 8.01. The van der Waals surface area contributed by atoms with Gasteiger partial charge in [0.1, 0.15) is 11.8 Å². The molecule has 0 heterocycles. The average Bonchev–Trinajstić information content (AvgIpc) is 2.50. The van der Waals surface area contributed by atoms with Crippen LogP contribution in [0.4, 0.5) is 0 Å².